The third-order valence-electron chi connectivity index (χ3n) is 3.14. The summed E-state index contributed by atoms with van der Waals surface area (Å²) < 4.78 is 5.25. The second-order valence-electron chi connectivity index (χ2n) is 4.87. The Hall–Kier alpha value is -3.13. The van der Waals surface area contributed by atoms with E-state index in [4.69, 9.17) is 16.3 Å². The van der Waals surface area contributed by atoms with Gasteiger partial charge in [-0.15, -0.1) is 0 Å². The van der Waals surface area contributed by atoms with Gasteiger partial charge in [-0.25, -0.2) is 0 Å². The van der Waals surface area contributed by atoms with Crippen LogP contribution in [-0.2, 0) is 4.79 Å². The zero-order chi connectivity index (χ0) is 18.4. The average molecular weight is 364 g/mol. The minimum Gasteiger partial charge on any atom is -0.482 e. The first-order valence-electron chi connectivity index (χ1n) is 7.09. The standard InChI is InChI=1S/C16H14ClN3O5/c1-18-16(22)10-2-4-11(5-3-10)19-15(21)9-25-14-7-6-12(20(23)24)8-13(14)17/h2-8H,9H2,1H3,(H,18,22)(H,19,21). The van der Waals surface area contributed by atoms with Crippen molar-refractivity contribution in [3.05, 3.63) is 63.2 Å². The fourth-order valence-corrected chi connectivity index (χ4v) is 2.14. The van der Waals surface area contributed by atoms with Crippen LogP contribution in [0.4, 0.5) is 11.4 Å². The summed E-state index contributed by atoms with van der Waals surface area (Å²) in [6.45, 7) is -0.325. The molecule has 25 heavy (non-hydrogen) atoms. The van der Waals surface area contributed by atoms with Crippen LogP contribution in [0.5, 0.6) is 5.75 Å². The lowest BCUT2D eigenvalue weighted by atomic mass is 10.2. The van der Waals surface area contributed by atoms with Crippen LogP contribution in [0.3, 0.4) is 0 Å². The molecule has 0 spiro atoms. The molecule has 2 rings (SSSR count). The first kappa shape index (κ1) is 18.2. The summed E-state index contributed by atoms with van der Waals surface area (Å²) >= 11 is 5.88. The molecule has 2 N–H and O–H groups in total. The molecule has 0 radical (unpaired) electrons. The number of hydrogen-bond donors (Lipinski definition) is 2. The van der Waals surface area contributed by atoms with Crippen molar-refractivity contribution < 1.29 is 19.2 Å². The van der Waals surface area contributed by atoms with Crippen LogP contribution in [0.25, 0.3) is 0 Å². The highest BCUT2D eigenvalue weighted by Crippen LogP contribution is 2.28. The van der Waals surface area contributed by atoms with Gasteiger partial charge in [-0.2, -0.15) is 0 Å². The second-order valence-corrected chi connectivity index (χ2v) is 5.27. The number of benzene rings is 2. The molecule has 0 fully saturated rings. The van der Waals surface area contributed by atoms with Crippen molar-refractivity contribution in [3.63, 3.8) is 0 Å². The number of nitro benzene ring substituents is 1. The summed E-state index contributed by atoms with van der Waals surface area (Å²) in [4.78, 5) is 33.4. The number of ether oxygens (including phenoxy) is 1. The zero-order valence-corrected chi connectivity index (χ0v) is 13.9. The normalized spacial score (nSPS) is 10.0. The summed E-state index contributed by atoms with van der Waals surface area (Å²) in [6, 6.07) is 10.0. The van der Waals surface area contributed by atoms with Crippen molar-refractivity contribution >= 4 is 34.8 Å². The zero-order valence-electron chi connectivity index (χ0n) is 13.1. The van der Waals surface area contributed by atoms with Crippen LogP contribution in [0.15, 0.2) is 42.5 Å². The van der Waals surface area contributed by atoms with E-state index >= 15 is 0 Å². The molecule has 0 atom stereocenters. The lowest BCUT2D eigenvalue weighted by molar-refractivity contribution is -0.384. The Kier molecular flexibility index (Phi) is 5.91. The Morgan fingerprint density at radius 1 is 1.20 bits per heavy atom. The molecule has 2 amide bonds. The number of anilines is 1. The van der Waals surface area contributed by atoms with Crippen LogP contribution >= 0.6 is 11.6 Å². The smallest absolute Gasteiger partial charge is 0.271 e. The molecule has 0 aliphatic rings. The number of carbonyl (C=O) groups is 2. The number of nitro groups is 1. The molecular weight excluding hydrogens is 350 g/mol. The molecule has 0 heterocycles. The van der Waals surface area contributed by atoms with Gasteiger partial charge in [0.2, 0.25) is 0 Å². The summed E-state index contributed by atoms with van der Waals surface area (Å²) in [7, 11) is 1.53. The molecule has 8 nitrogen and oxygen atoms in total. The highest BCUT2D eigenvalue weighted by atomic mass is 35.5. The first-order chi connectivity index (χ1) is 11.9. The molecule has 0 saturated heterocycles. The summed E-state index contributed by atoms with van der Waals surface area (Å²) in [5.41, 5.74) is 0.795. The van der Waals surface area contributed by atoms with E-state index < -0.39 is 10.8 Å². The van der Waals surface area contributed by atoms with E-state index in [1.807, 2.05) is 0 Å². The van der Waals surface area contributed by atoms with Gasteiger partial charge in [-0.1, -0.05) is 11.6 Å². The maximum absolute atomic E-state index is 11.9. The number of halogens is 1. The Bertz CT molecular complexity index is 808. The number of rotatable bonds is 6. The van der Waals surface area contributed by atoms with Gasteiger partial charge >= 0.3 is 0 Å². The molecular formula is C16H14ClN3O5. The third kappa shape index (κ3) is 4.92. The van der Waals surface area contributed by atoms with Crippen molar-refractivity contribution in [2.75, 3.05) is 19.0 Å². The van der Waals surface area contributed by atoms with Gasteiger partial charge < -0.3 is 15.4 Å². The number of amides is 2. The van der Waals surface area contributed by atoms with Crippen molar-refractivity contribution in [1.29, 1.82) is 0 Å². The molecule has 0 unspecified atom stereocenters. The minimum atomic E-state index is -0.579. The Labute approximate surface area is 147 Å². The van der Waals surface area contributed by atoms with E-state index in [0.717, 1.165) is 6.07 Å². The summed E-state index contributed by atoms with van der Waals surface area (Å²) in [6.07, 6.45) is 0. The van der Waals surface area contributed by atoms with Gasteiger partial charge in [0.15, 0.2) is 6.61 Å². The largest absolute Gasteiger partial charge is 0.482 e. The lowest BCUT2D eigenvalue weighted by Gasteiger charge is -2.09. The first-order valence-corrected chi connectivity index (χ1v) is 7.47. The lowest BCUT2D eigenvalue weighted by Crippen LogP contribution is -2.20. The maximum atomic E-state index is 11.9. The quantitative estimate of drug-likeness (QED) is 0.605. The average Bonchev–Trinajstić information content (AvgIpc) is 2.60. The van der Waals surface area contributed by atoms with E-state index in [2.05, 4.69) is 10.6 Å². The fraction of sp³-hybridized carbons (Fsp3) is 0.125. The maximum Gasteiger partial charge on any atom is 0.271 e. The molecule has 0 bridgehead atoms. The Morgan fingerprint density at radius 3 is 2.44 bits per heavy atom. The Morgan fingerprint density at radius 2 is 1.88 bits per heavy atom. The van der Waals surface area contributed by atoms with Gasteiger partial charge in [0, 0.05) is 30.4 Å². The van der Waals surface area contributed by atoms with Gasteiger partial charge in [-0.3, -0.25) is 19.7 Å². The number of hydrogen-bond acceptors (Lipinski definition) is 5. The van der Waals surface area contributed by atoms with Gasteiger partial charge in [0.25, 0.3) is 17.5 Å². The predicted octanol–water partition coefficient (Wildman–Crippen LogP) is 2.63. The van der Waals surface area contributed by atoms with Gasteiger partial charge in [-0.05, 0) is 30.3 Å². The number of nitrogens with one attached hydrogen (secondary N) is 2. The van der Waals surface area contributed by atoms with E-state index in [9.17, 15) is 19.7 Å². The molecule has 9 heteroatoms. The SMILES string of the molecule is CNC(=O)c1ccc(NC(=O)COc2ccc([N+](=O)[O-])cc2Cl)cc1. The van der Waals surface area contributed by atoms with Crippen molar-refractivity contribution in [2.45, 2.75) is 0 Å². The van der Waals surface area contributed by atoms with Crippen molar-refractivity contribution in [2.24, 2.45) is 0 Å². The summed E-state index contributed by atoms with van der Waals surface area (Å²) in [5.74, 6) is -0.506. The number of non-ortho nitro benzene ring substituents is 1. The van der Waals surface area contributed by atoms with Crippen LogP contribution < -0.4 is 15.4 Å². The van der Waals surface area contributed by atoms with Crippen molar-refractivity contribution in [1.82, 2.24) is 5.32 Å². The molecule has 0 aromatic heterocycles. The van der Waals surface area contributed by atoms with E-state index in [-0.39, 0.29) is 29.0 Å². The molecule has 0 aliphatic carbocycles. The van der Waals surface area contributed by atoms with Gasteiger partial charge in [0.05, 0.1) is 9.95 Å². The molecule has 130 valence electrons. The minimum absolute atomic E-state index is 0.0388. The molecule has 2 aromatic carbocycles. The van der Waals surface area contributed by atoms with E-state index in [1.165, 1.54) is 19.2 Å². The van der Waals surface area contributed by atoms with E-state index in [1.54, 1.807) is 24.3 Å². The fourth-order valence-electron chi connectivity index (χ4n) is 1.91. The van der Waals surface area contributed by atoms with Crippen LogP contribution in [0, 0.1) is 10.1 Å². The molecule has 0 aliphatic heterocycles. The van der Waals surface area contributed by atoms with Gasteiger partial charge in [0.1, 0.15) is 5.75 Å². The van der Waals surface area contributed by atoms with Crippen molar-refractivity contribution in [3.8, 4) is 5.75 Å². The highest BCUT2D eigenvalue weighted by Gasteiger charge is 2.12. The third-order valence-corrected chi connectivity index (χ3v) is 3.44. The van der Waals surface area contributed by atoms with E-state index in [0.29, 0.717) is 11.3 Å². The Balaban J connectivity index is 1.92. The molecule has 2 aromatic rings. The number of carbonyl (C=O) groups excluding carboxylic acids is 2. The van der Waals surface area contributed by atoms with Crippen LogP contribution in [0.2, 0.25) is 5.02 Å². The number of nitrogens with zero attached hydrogens (tertiary/aromatic N) is 1. The van der Waals surface area contributed by atoms with Crippen LogP contribution in [-0.4, -0.2) is 30.4 Å². The topological polar surface area (TPSA) is 111 Å². The second kappa shape index (κ2) is 8.11. The summed E-state index contributed by atoms with van der Waals surface area (Å²) in [5, 5.41) is 15.8. The van der Waals surface area contributed by atoms with Crippen LogP contribution in [0.1, 0.15) is 10.4 Å². The highest BCUT2D eigenvalue weighted by molar-refractivity contribution is 6.32. The monoisotopic (exact) mass is 363 g/mol. The predicted molar refractivity (Wildman–Crippen MR) is 92.1 cm³/mol. The molecule has 0 saturated carbocycles.